The summed E-state index contributed by atoms with van der Waals surface area (Å²) in [5.41, 5.74) is 12.3. The number of hydrogen-bond acceptors (Lipinski definition) is 6. The predicted octanol–water partition coefficient (Wildman–Crippen LogP) is 1.56. The molecular weight excluding hydrogens is 448 g/mol. The second kappa shape index (κ2) is 17.0. The van der Waals surface area contributed by atoms with Crippen LogP contribution in [0.5, 0.6) is 0 Å². The van der Waals surface area contributed by atoms with E-state index in [1.165, 1.54) is 6.92 Å². The molecule has 1 aromatic carbocycles. The van der Waals surface area contributed by atoms with Crippen molar-refractivity contribution in [2.45, 2.75) is 71.0 Å². The fourth-order valence-electron chi connectivity index (χ4n) is 2.86. The third-order valence-electron chi connectivity index (χ3n) is 5.04. The van der Waals surface area contributed by atoms with Gasteiger partial charge in [0, 0.05) is 13.3 Å². The van der Waals surface area contributed by atoms with Crippen LogP contribution in [-0.4, -0.2) is 52.8 Å². The van der Waals surface area contributed by atoms with Crippen molar-refractivity contribution in [1.82, 2.24) is 10.6 Å². The van der Waals surface area contributed by atoms with Crippen LogP contribution in [0.3, 0.4) is 0 Å². The molecule has 0 spiro atoms. The summed E-state index contributed by atoms with van der Waals surface area (Å²) in [6.07, 6.45) is 2.50. The average molecular weight is 485 g/mol. The van der Waals surface area contributed by atoms with E-state index in [2.05, 4.69) is 22.2 Å². The van der Waals surface area contributed by atoms with Gasteiger partial charge in [-0.1, -0.05) is 50.6 Å². The Labute approximate surface area is 200 Å². The molecule has 0 fully saturated rings. The van der Waals surface area contributed by atoms with Crippen LogP contribution in [0.15, 0.2) is 30.3 Å². The number of hydrogen-bond donors (Lipinski definition) is 5. The third kappa shape index (κ3) is 13.6. The third-order valence-corrected chi connectivity index (χ3v) is 5.04. The topological polar surface area (TPSA) is 165 Å². The Bertz CT molecular complexity index is 744. The summed E-state index contributed by atoms with van der Waals surface area (Å²) in [6.45, 7) is 5.56. The van der Waals surface area contributed by atoms with Crippen LogP contribution in [0.1, 0.15) is 52.0 Å². The maximum absolute atomic E-state index is 12.8. The number of rotatable bonds is 13. The van der Waals surface area contributed by atoms with E-state index in [0.717, 1.165) is 12.0 Å². The number of nitrogens with one attached hydrogen (secondary N) is 2. The minimum atomic E-state index is -1.11. The molecule has 0 aliphatic heterocycles. The molecule has 1 rings (SSSR count). The number of aliphatic carboxylic acids is 1. The zero-order valence-corrected chi connectivity index (χ0v) is 20.3. The summed E-state index contributed by atoms with van der Waals surface area (Å²) in [4.78, 5) is 46.1. The Kier molecular flexibility index (Phi) is 15.8. The van der Waals surface area contributed by atoms with Crippen LogP contribution in [0.25, 0.3) is 0 Å². The van der Waals surface area contributed by atoms with Gasteiger partial charge in [-0.05, 0) is 48.9 Å². The smallest absolute Gasteiger partial charge is 0.326 e. The van der Waals surface area contributed by atoms with E-state index in [4.69, 9.17) is 11.5 Å². The van der Waals surface area contributed by atoms with Crippen molar-refractivity contribution in [2.24, 2.45) is 17.4 Å². The van der Waals surface area contributed by atoms with Crippen molar-refractivity contribution in [1.29, 1.82) is 0 Å². The van der Waals surface area contributed by atoms with Gasteiger partial charge in [-0.25, -0.2) is 4.79 Å². The van der Waals surface area contributed by atoms with E-state index in [1.54, 1.807) is 0 Å². The van der Waals surface area contributed by atoms with Gasteiger partial charge in [0.05, 0.1) is 6.04 Å². The van der Waals surface area contributed by atoms with Crippen LogP contribution < -0.4 is 22.1 Å². The molecule has 0 heterocycles. The van der Waals surface area contributed by atoms with Crippen molar-refractivity contribution in [3.63, 3.8) is 0 Å². The highest BCUT2D eigenvalue weighted by Gasteiger charge is 2.29. The zero-order chi connectivity index (χ0) is 25.4. The molecule has 0 radical (unpaired) electrons. The minimum Gasteiger partial charge on any atom is -0.480 e. The van der Waals surface area contributed by atoms with E-state index < -0.39 is 35.9 Å². The largest absolute Gasteiger partial charge is 0.480 e. The lowest BCUT2D eigenvalue weighted by molar-refractivity contribution is -0.142. The quantitative estimate of drug-likeness (QED) is 0.209. The Hall–Kier alpha value is -2.49. The molecule has 2 amide bonds. The van der Waals surface area contributed by atoms with Gasteiger partial charge in [-0.15, -0.1) is 0 Å². The highest BCUT2D eigenvalue weighted by Crippen LogP contribution is 2.09. The summed E-state index contributed by atoms with van der Waals surface area (Å²) in [6, 6.07) is 6.52. The molecule has 0 bridgehead atoms. The first-order valence-corrected chi connectivity index (χ1v) is 11.4. The van der Waals surface area contributed by atoms with Crippen LogP contribution >= 0.6 is 11.6 Å². The number of nitrogens with two attached hydrogens (primary N) is 2. The molecule has 9 nitrogen and oxygen atoms in total. The maximum Gasteiger partial charge on any atom is 0.326 e. The predicted molar refractivity (Wildman–Crippen MR) is 129 cm³/mol. The lowest BCUT2D eigenvalue weighted by atomic mass is 9.98. The molecule has 0 aliphatic rings. The summed E-state index contributed by atoms with van der Waals surface area (Å²) >= 11 is 4.64. The molecule has 4 atom stereocenters. The molecule has 0 saturated heterocycles. The molecule has 10 heteroatoms. The van der Waals surface area contributed by atoms with Gasteiger partial charge in [-0.2, -0.15) is 0 Å². The van der Waals surface area contributed by atoms with E-state index in [1.807, 2.05) is 44.2 Å². The van der Waals surface area contributed by atoms with Crippen LogP contribution in [-0.2, 0) is 25.6 Å². The van der Waals surface area contributed by atoms with Gasteiger partial charge in [0.2, 0.25) is 17.1 Å². The van der Waals surface area contributed by atoms with Crippen LogP contribution in [0.4, 0.5) is 0 Å². The van der Waals surface area contributed by atoms with Crippen molar-refractivity contribution < 1.29 is 24.3 Å². The Balaban J connectivity index is 0.00000235. The number of amides is 2. The van der Waals surface area contributed by atoms with Crippen molar-refractivity contribution in [3.8, 4) is 0 Å². The Morgan fingerprint density at radius 3 is 2.06 bits per heavy atom. The molecular formula is C23H37ClN4O5. The van der Waals surface area contributed by atoms with Crippen molar-refractivity contribution in [2.75, 3.05) is 6.54 Å². The standard InChI is InChI=1S/C21H34N4O4.C2H3ClO/c1-3-14(2)18(23)20(27)25-17(13-15-9-5-4-6-10-15)19(26)24-16(21(28)29)11-7-8-12-22;1-2(3)4/h4-6,9-10,14,16-18H,3,7-8,11-13,22-23H2,1-2H3,(H,24,26)(H,25,27)(H,28,29);1H3/t14-,16-,17-,18-;/m0./s1. The fourth-order valence-corrected chi connectivity index (χ4v) is 2.86. The van der Waals surface area contributed by atoms with Gasteiger partial charge < -0.3 is 27.2 Å². The molecule has 0 aromatic heterocycles. The first-order chi connectivity index (χ1) is 15.5. The normalized spacial score (nSPS) is 14.0. The number of halogens is 1. The number of benzene rings is 1. The van der Waals surface area contributed by atoms with Crippen LogP contribution in [0.2, 0.25) is 0 Å². The Morgan fingerprint density at radius 2 is 1.58 bits per heavy atom. The molecule has 186 valence electrons. The maximum atomic E-state index is 12.8. The second-order valence-corrected chi connectivity index (χ2v) is 8.35. The average Bonchev–Trinajstić information content (AvgIpc) is 2.77. The van der Waals surface area contributed by atoms with E-state index >= 15 is 0 Å². The number of unbranched alkanes of at least 4 members (excludes halogenated alkanes) is 1. The molecule has 0 saturated carbocycles. The van der Waals surface area contributed by atoms with Crippen molar-refractivity contribution >= 4 is 34.6 Å². The first kappa shape index (κ1) is 30.5. The van der Waals surface area contributed by atoms with Gasteiger partial charge in [0.25, 0.3) is 0 Å². The SMILES string of the molecule is CC(=O)Cl.CC[C@H](C)[C@H](N)C(=O)N[C@@H](Cc1ccccc1)C(=O)N[C@@H](CCCCN)C(=O)O. The van der Waals surface area contributed by atoms with Gasteiger partial charge >= 0.3 is 5.97 Å². The lowest BCUT2D eigenvalue weighted by Gasteiger charge is -2.24. The summed E-state index contributed by atoms with van der Waals surface area (Å²) in [5.74, 6) is -2.13. The zero-order valence-electron chi connectivity index (χ0n) is 19.6. The highest BCUT2D eigenvalue weighted by molar-refractivity contribution is 6.62. The van der Waals surface area contributed by atoms with Gasteiger partial charge in [0.1, 0.15) is 12.1 Å². The van der Waals surface area contributed by atoms with Crippen LogP contribution in [0, 0.1) is 5.92 Å². The summed E-state index contributed by atoms with van der Waals surface area (Å²) in [5, 5.41) is 14.3. The number of carboxylic acid groups (broad SMARTS) is 1. The monoisotopic (exact) mass is 484 g/mol. The van der Waals surface area contributed by atoms with Gasteiger partial charge in [-0.3, -0.25) is 14.4 Å². The molecule has 1 aromatic rings. The number of carbonyl (C=O) groups excluding carboxylic acids is 3. The Morgan fingerprint density at radius 1 is 1.03 bits per heavy atom. The minimum absolute atomic E-state index is 0.0431. The summed E-state index contributed by atoms with van der Waals surface area (Å²) < 4.78 is 0. The molecule has 0 aliphatic carbocycles. The van der Waals surface area contributed by atoms with Crippen molar-refractivity contribution in [3.05, 3.63) is 35.9 Å². The van der Waals surface area contributed by atoms with E-state index in [9.17, 15) is 24.3 Å². The van der Waals surface area contributed by atoms with Gasteiger partial charge in [0.15, 0.2) is 0 Å². The number of carbonyl (C=O) groups is 4. The molecule has 7 N–H and O–H groups in total. The fraction of sp³-hybridized carbons (Fsp3) is 0.565. The molecule has 0 unspecified atom stereocenters. The molecule has 33 heavy (non-hydrogen) atoms. The first-order valence-electron chi connectivity index (χ1n) is 11.0. The second-order valence-electron chi connectivity index (χ2n) is 7.82. The van der Waals surface area contributed by atoms with E-state index in [-0.39, 0.29) is 24.0 Å². The van der Waals surface area contributed by atoms with E-state index in [0.29, 0.717) is 19.4 Å². The number of carboxylic acids is 1. The highest BCUT2D eigenvalue weighted by atomic mass is 35.5. The summed E-state index contributed by atoms with van der Waals surface area (Å²) in [7, 11) is 0. The lowest BCUT2D eigenvalue weighted by Crippen LogP contribution is -2.56.